The van der Waals surface area contributed by atoms with Gasteiger partial charge in [0.15, 0.2) is 5.82 Å². The topological polar surface area (TPSA) is 69.6 Å². The molecule has 0 saturated carbocycles. The molecule has 1 aromatic heterocycles. The standard InChI is InChI=1S/C16H17N5/c1-10-4-7-15(12(3)8-10)21-16(18-19-20-21)14-6-5-13(17)9-11(14)2/h4-9H,17H2,1-3H3. The van der Waals surface area contributed by atoms with Crippen LogP contribution in [0.5, 0.6) is 0 Å². The number of nitrogen functional groups attached to an aromatic ring is 1. The summed E-state index contributed by atoms with van der Waals surface area (Å²) in [4.78, 5) is 0. The number of tetrazole rings is 1. The summed E-state index contributed by atoms with van der Waals surface area (Å²) in [6.07, 6.45) is 0. The second kappa shape index (κ2) is 5.01. The second-order valence-electron chi connectivity index (χ2n) is 5.28. The number of aryl methyl sites for hydroxylation is 3. The fourth-order valence-electron chi connectivity index (χ4n) is 2.50. The molecule has 2 N–H and O–H groups in total. The van der Waals surface area contributed by atoms with Crippen LogP contribution in [0.15, 0.2) is 36.4 Å². The number of benzene rings is 2. The van der Waals surface area contributed by atoms with E-state index in [4.69, 9.17) is 5.73 Å². The zero-order valence-corrected chi connectivity index (χ0v) is 12.3. The van der Waals surface area contributed by atoms with Gasteiger partial charge in [-0.3, -0.25) is 0 Å². The molecule has 21 heavy (non-hydrogen) atoms. The minimum atomic E-state index is 0.722. The molecule has 0 saturated heterocycles. The van der Waals surface area contributed by atoms with Gasteiger partial charge in [-0.2, -0.15) is 4.68 Å². The molecule has 0 unspecified atom stereocenters. The maximum absolute atomic E-state index is 5.81. The van der Waals surface area contributed by atoms with E-state index in [0.717, 1.165) is 33.9 Å². The van der Waals surface area contributed by atoms with Crippen molar-refractivity contribution in [3.8, 4) is 17.1 Å². The van der Waals surface area contributed by atoms with Gasteiger partial charge in [0.05, 0.1) is 5.69 Å². The molecule has 0 aliphatic rings. The molecule has 106 valence electrons. The Morgan fingerprint density at radius 3 is 2.48 bits per heavy atom. The van der Waals surface area contributed by atoms with Crippen LogP contribution in [-0.4, -0.2) is 20.2 Å². The lowest BCUT2D eigenvalue weighted by molar-refractivity contribution is 0.787. The molecule has 5 nitrogen and oxygen atoms in total. The van der Waals surface area contributed by atoms with Crippen molar-refractivity contribution in [2.75, 3.05) is 5.73 Å². The zero-order valence-electron chi connectivity index (χ0n) is 12.3. The van der Waals surface area contributed by atoms with Gasteiger partial charge in [-0.1, -0.05) is 17.7 Å². The molecule has 0 fully saturated rings. The molecule has 3 aromatic rings. The Balaban J connectivity index is 2.17. The molecule has 5 heteroatoms. The molecule has 3 rings (SSSR count). The van der Waals surface area contributed by atoms with E-state index in [1.54, 1.807) is 4.68 Å². The van der Waals surface area contributed by atoms with Crippen LogP contribution in [-0.2, 0) is 0 Å². The first-order valence-corrected chi connectivity index (χ1v) is 6.79. The summed E-state index contributed by atoms with van der Waals surface area (Å²) in [6, 6.07) is 12.0. The third-order valence-corrected chi connectivity index (χ3v) is 3.54. The molecule has 0 aliphatic carbocycles. The van der Waals surface area contributed by atoms with E-state index in [2.05, 4.69) is 41.5 Å². The van der Waals surface area contributed by atoms with Gasteiger partial charge in [0, 0.05) is 11.3 Å². The predicted molar refractivity (Wildman–Crippen MR) is 83.2 cm³/mol. The van der Waals surface area contributed by atoms with E-state index in [-0.39, 0.29) is 0 Å². The number of nitrogens with zero attached hydrogens (tertiary/aromatic N) is 4. The van der Waals surface area contributed by atoms with E-state index in [1.807, 2.05) is 31.2 Å². The van der Waals surface area contributed by atoms with Crippen molar-refractivity contribution in [3.05, 3.63) is 53.1 Å². The highest BCUT2D eigenvalue weighted by atomic mass is 15.5. The van der Waals surface area contributed by atoms with Crippen molar-refractivity contribution in [2.45, 2.75) is 20.8 Å². The Labute approximate surface area is 123 Å². The average Bonchev–Trinajstić information content (AvgIpc) is 2.87. The van der Waals surface area contributed by atoms with Crippen molar-refractivity contribution in [1.82, 2.24) is 20.2 Å². The summed E-state index contributed by atoms with van der Waals surface area (Å²) in [5, 5.41) is 12.2. The number of aromatic nitrogens is 4. The largest absolute Gasteiger partial charge is 0.399 e. The Kier molecular flexibility index (Phi) is 3.17. The van der Waals surface area contributed by atoms with Crippen LogP contribution in [0.1, 0.15) is 16.7 Å². The molecule has 0 bridgehead atoms. The minimum absolute atomic E-state index is 0.722. The number of hydrogen-bond donors (Lipinski definition) is 1. The van der Waals surface area contributed by atoms with Crippen LogP contribution in [0.4, 0.5) is 5.69 Å². The third kappa shape index (κ3) is 2.38. The van der Waals surface area contributed by atoms with Crippen LogP contribution in [0.25, 0.3) is 17.1 Å². The van der Waals surface area contributed by atoms with Gasteiger partial charge in [0.2, 0.25) is 0 Å². The van der Waals surface area contributed by atoms with Gasteiger partial charge in [-0.05, 0) is 66.6 Å². The smallest absolute Gasteiger partial charge is 0.187 e. The van der Waals surface area contributed by atoms with Crippen LogP contribution >= 0.6 is 0 Å². The van der Waals surface area contributed by atoms with Crippen molar-refractivity contribution >= 4 is 5.69 Å². The summed E-state index contributed by atoms with van der Waals surface area (Å²) >= 11 is 0. The molecule has 0 atom stereocenters. The molecule has 1 heterocycles. The Morgan fingerprint density at radius 2 is 1.76 bits per heavy atom. The predicted octanol–water partition coefficient (Wildman–Crippen LogP) is 2.84. The van der Waals surface area contributed by atoms with Gasteiger partial charge in [-0.15, -0.1) is 5.10 Å². The van der Waals surface area contributed by atoms with E-state index >= 15 is 0 Å². The van der Waals surface area contributed by atoms with E-state index in [9.17, 15) is 0 Å². The third-order valence-electron chi connectivity index (χ3n) is 3.54. The first kappa shape index (κ1) is 13.3. The highest BCUT2D eigenvalue weighted by Gasteiger charge is 2.14. The van der Waals surface area contributed by atoms with E-state index in [1.165, 1.54) is 5.56 Å². The SMILES string of the molecule is Cc1ccc(-n2nnnc2-c2ccc(N)cc2C)c(C)c1. The lowest BCUT2D eigenvalue weighted by Crippen LogP contribution is -2.03. The van der Waals surface area contributed by atoms with Crippen LogP contribution < -0.4 is 5.73 Å². The fourth-order valence-corrected chi connectivity index (χ4v) is 2.50. The first-order valence-electron chi connectivity index (χ1n) is 6.79. The number of rotatable bonds is 2. The Hall–Kier alpha value is -2.69. The van der Waals surface area contributed by atoms with Crippen LogP contribution in [0.3, 0.4) is 0 Å². The first-order chi connectivity index (χ1) is 10.1. The van der Waals surface area contributed by atoms with Crippen LogP contribution in [0.2, 0.25) is 0 Å². The van der Waals surface area contributed by atoms with Gasteiger partial charge >= 0.3 is 0 Å². The summed E-state index contributed by atoms with van der Waals surface area (Å²) in [5.74, 6) is 0.722. The van der Waals surface area contributed by atoms with Crippen molar-refractivity contribution in [2.24, 2.45) is 0 Å². The number of nitrogens with two attached hydrogens (primary N) is 1. The lowest BCUT2D eigenvalue weighted by Gasteiger charge is -2.10. The fraction of sp³-hybridized carbons (Fsp3) is 0.188. The minimum Gasteiger partial charge on any atom is -0.399 e. The molecule has 0 aliphatic heterocycles. The van der Waals surface area contributed by atoms with Crippen molar-refractivity contribution in [1.29, 1.82) is 0 Å². The zero-order chi connectivity index (χ0) is 15.0. The van der Waals surface area contributed by atoms with Crippen molar-refractivity contribution < 1.29 is 0 Å². The molecular formula is C16H17N5. The molecule has 2 aromatic carbocycles. The Morgan fingerprint density at radius 1 is 0.952 bits per heavy atom. The number of anilines is 1. The van der Waals surface area contributed by atoms with E-state index < -0.39 is 0 Å². The van der Waals surface area contributed by atoms with Crippen LogP contribution in [0, 0.1) is 20.8 Å². The highest BCUT2D eigenvalue weighted by Crippen LogP contribution is 2.26. The van der Waals surface area contributed by atoms with Crippen molar-refractivity contribution in [3.63, 3.8) is 0 Å². The molecule has 0 spiro atoms. The van der Waals surface area contributed by atoms with Gasteiger partial charge in [0.1, 0.15) is 0 Å². The van der Waals surface area contributed by atoms with Gasteiger partial charge in [0.25, 0.3) is 0 Å². The van der Waals surface area contributed by atoms with E-state index in [0.29, 0.717) is 0 Å². The Bertz CT molecular complexity index is 738. The van der Waals surface area contributed by atoms with Gasteiger partial charge in [-0.25, -0.2) is 0 Å². The second-order valence-corrected chi connectivity index (χ2v) is 5.28. The number of hydrogen-bond acceptors (Lipinski definition) is 4. The molecule has 0 radical (unpaired) electrons. The quantitative estimate of drug-likeness (QED) is 0.732. The maximum atomic E-state index is 5.81. The average molecular weight is 279 g/mol. The summed E-state index contributed by atoms with van der Waals surface area (Å²) in [5.41, 5.74) is 11.9. The summed E-state index contributed by atoms with van der Waals surface area (Å²) < 4.78 is 1.77. The van der Waals surface area contributed by atoms with Gasteiger partial charge < -0.3 is 5.73 Å². The maximum Gasteiger partial charge on any atom is 0.187 e. The summed E-state index contributed by atoms with van der Waals surface area (Å²) in [7, 11) is 0. The molecular weight excluding hydrogens is 262 g/mol. The highest BCUT2D eigenvalue weighted by molar-refractivity contribution is 5.65. The molecule has 0 amide bonds. The lowest BCUT2D eigenvalue weighted by atomic mass is 10.1. The monoisotopic (exact) mass is 279 g/mol. The summed E-state index contributed by atoms with van der Waals surface area (Å²) in [6.45, 7) is 6.14. The normalized spacial score (nSPS) is 10.8.